The van der Waals surface area contributed by atoms with E-state index in [0.717, 1.165) is 6.42 Å². The van der Waals surface area contributed by atoms with Gasteiger partial charge in [-0.25, -0.2) is 0 Å². The Morgan fingerprint density at radius 3 is 2.55 bits per heavy atom. The Balaban J connectivity index is 0.000001000. The van der Waals surface area contributed by atoms with E-state index in [0.29, 0.717) is 0 Å². The molecule has 0 atom stereocenters. The predicted molar refractivity (Wildman–Crippen MR) is 50.2 cm³/mol. The molecule has 11 heavy (non-hydrogen) atoms. The van der Waals surface area contributed by atoms with Crippen LogP contribution in [0.2, 0.25) is 0 Å². The molecule has 1 aromatic rings. The van der Waals surface area contributed by atoms with Gasteiger partial charge in [0.1, 0.15) is 0 Å². The summed E-state index contributed by atoms with van der Waals surface area (Å²) in [6.45, 7) is 4.23. The number of halogens is 1. The fourth-order valence-electron chi connectivity index (χ4n) is 0.902. The molecule has 1 aromatic heterocycles. The molecule has 0 saturated heterocycles. The zero-order valence-corrected chi connectivity index (χ0v) is 7.82. The highest BCUT2D eigenvalue weighted by molar-refractivity contribution is 5.85. The number of hydrogen-bond acceptors (Lipinski definition) is 1. The maximum Gasteiger partial charge on any atom is 0.0403 e. The minimum atomic E-state index is 0. The molecule has 0 N–H and O–H groups in total. The van der Waals surface area contributed by atoms with Crippen molar-refractivity contribution in [1.82, 2.24) is 4.98 Å². The first-order valence-electron chi connectivity index (χ1n) is 3.74. The molecule has 1 nitrogen and oxygen atoms in total. The molecule has 0 amide bonds. The zero-order valence-electron chi connectivity index (χ0n) is 7.00. The van der Waals surface area contributed by atoms with Crippen LogP contribution in [-0.2, 0) is 6.42 Å². The van der Waals surface area contributed by atoms with E-state index in [4.69, 9.17) is 0 Å². The molecule has 0 aliphatic rings. The normalized spacial score (nSPS) is 8.91. The van der Waals surface area contributed by atoms with Gasteiger partial charge in [0.05, 0.1) is 0 Å². The van der Waals surface area contributed by atoms with E-state index in [1.807, 2.05) is 6.20 Å². The minimum absolute atomic E-state index is 0. The molecule has 2 heteroatoms. The molecule has 0 bridgehead atoms. The van der Waals surface area contributed by atoms with Gasteiger partial charge >= 0.3 is 0 Å². The van der Waals surface area contributed by atoms with E-state index in [-0.39, 0.29) is 12.4 Å². The van der Waals surface area contributed by atoms with Crippen molar-refractivity contribution in [3.8, 4) is 0 Å². The van der Waals surface area contributed by atoms with E-state index in [2.05, 4.69) is 31.0 Å². The standard InChI is InChI=1S/C9H13N.ClH/c1-3-4-9-6-5-8(2)7-10-9;/h5-7H,3-4H2,1-2H3;1H. The summed E-state index contributed by atoms with van der Waals surface area (Å²) in [6, 6.07) is 4.21. The second-order valence-corrected chi connectivity index (χ2v) is 2.58. The van der Waals surface area contributed by atoms with Crippen LogP contribution >= 0.6 is 12.4 Å². The van der Waals surface area contributed by atoms with Gasteiger partial charge in [-0.2, -0.15) is 0 Å². The predicted octanol–water partition coefficient (Wildman–Crippen LogP) is 2.76. The molecule has 0 aliphatic heterocycles. The Labute approximate surface area is 74.3 Å². The van der Waals surface area contributed by atoms with Gasteiger partial charge in [-0.05, 0) is 25.0 Å². The molecule has 0 saturated carbocycles. The third-order valence-electron chi connectivity index (χ3n) is 1.48. The molecule has 1 heterocycles. The summed E-state index contributed by atoms with van der Waals surface area (Å²) in [5.74, 6) is 0. The Morgan fingerprint density at radius 2 is 2.09 bits per heavy atom. The van der Waals surface area contributed by atoms with Crippen molar-refractivity contribution in [3.63, 3.8) is 0 Å². The average molecular weight is 172 g/mol. The van der Waals surface area contributed by atoms with Crippen molar-refractivity contribution in [2.75, 3.05) is 0 Å². The van der Waals surface area contributed by atoms with Crippen LogP contribution in [0.5, 0.6) is 0 Å². The van der Waals surface area contributed by atoms with Crippen LogP contribution in [-0.4, -0.2) is 4.98 Å². The molecule has 0 aromatic carbocycles. The summed E-state index contributed by atoms with van der Waals surface area (Å²) in [7, 11) is 0. The summed E-state index contributed by atoms with van der Waals surface area (Å²) in [6.07, 6.45) is 4.20. The average Bonchev–Trinajstić information content (AvgIpc) is 1.95. The summed E-state index contributed by atoms with van der Waals surface area (Å²) < 4.78 is 0. The fraction of sp³-hybridized carbons (Fsp3) is 0.444. The van der Waals surface area contributed by atoms with Crippen LogP contribution in [0.3, 0.4) is 0 Å². The second-order valence-electron chi connectivity index (χ2n) is 2.58. The van der Waals surface area contributed by atoms with Gasteiger partial charge in [0.15, 0.2) is 0 Å². The van der Waals surface area contributed by atoms with Crippen LogP contribution in [0.25, 0.3) is 0 Å². The lowest BCUT2D eigenvalue weighted by atomic mass is 10.2. The lowest BCUT2D eigenvalue weighted by Crippen LogP contribution is -1.87. The Kier molecular flexibility index (Phi) is 4.88. The van der Waals surface area contributed by atoms with E-state index >= 15 is 0 Å². The van der Waals surface area contributed by atoms with Crippen LogP contribution in [0.1, 0.15) is 24.6 Å². The summed E-state index contributed by atoms with van der Waals surface area (Å²) >= 11 is 0. The molecule has 0 unspecified atom stereocenters. The molecule has 0 fully saturated rings. The van der Waals surface area contributed by atoms with Gasteiger partial charge in [0.2, 0.25) is 0 Å². The highest BCUT2D eigenvalue weighted by atomic mass is 35.5. The van der Waals surface area contributed by atoms with Crippen molar-refractivity contribution in [2.24, 2.45) is 0 Å². The SMILES string of the molecule is CCCc1ccc(C)cn1.Cl. The molecular weight excluding hydrogens is 158 g/mol. The fourth-order valence-corrected chi connectivity index (χ4v) is 0.902. The summed E-state index contributed by atoms with van der Waals surface area (Å²) in [5, 5.41) is 0. The number of rotatable bonds is 2. The third kappa shape index (κ3) is 3.38. The number of hydrogen-bond donors (Lipinski definition) is 0. The quantitative estimate of drug-likeness (QED) is 0.667. The summed E-state index contributed by atoms with van der Waals surface area (Å²) in [4.78, 5) is 4.27. The van der Waals surface area contributed by atoms with Crippen molar-refractivity contribution < 1.29 is 0 Å². The molecule has 0 radical (unpaired) electrons. The first kappa shape index (κ1) is 10.4. The Morgan fingerprint density at radius 1 is 1.36 bits per heavy atom. The molecular formula is C9H14ClN. The van der Waals surface area contributed by atoms with Crippen molar-refractivity contribution >= 4 is 12.4 Å². The number of aromatic nitrogens is 1. The highest BCUT2D eigenvalue weighted by Gasteiger charge is 1.89. The van der Waals surface area contributed by atoms with Gasteiger partial charge < -0.3 is 0 Å². The maximum absolute atomic E-state index is 4.27. The van der Waals surface area contributed by atoms with E-state index in [1.165, 1.54) is 17.7 Å². The molecule has 0 aliphatic carbocycles. The monoisotopic (exact) mass is 171 g/mol. The third-order valence-corrected chi connectivity index (χ3v) is 1.48. The lowest BCUT2D eigenvalue weighted by Gasteiger charge is -1.96. The van der Waals surface area contributed by atoms with Gasteiger partial charge in [0, 0.05) is 11.9 Å². The van der Waals surface area contributed by atoms with Crippen LogP contribution < -0.4 is 0 Å². The maximum atomic E-state index is 4.27. The molecule has 62 valence electrons. The summed E-state index contributed by atoms with van der Waals surface area (Å²) in [5.41, 5.74) is 2.44. The Hall–Kier alpha value is -0.560. The van der Waals surface area contributed by atoms with Crippen LogP contribution in [0.4, 0.5) is 0 Å². The second kappa shape index (κ2) is 5.14. The van der Waals surface area contributed by atoms with E-state index in [1.54, 1.807) is 0 Å². The van der Waals surface area contributed by atoms with Gasteiger partial charge in [-0.1, -0.05) is 19.4 Å². The highest BCUT2D eigenvalue weighted by Crippen LogP contribution is 2.00. The first-order chi connectivity index (χ1) is 4.83. The molecule has 0 spiro atoms. The zero-order chi connectivity index (χ0) is 7.40. The van der Waals surface area contributed by atoms with Crippen LogP contribution in [0, 0.1) is 6.92 Å². The van der Waals surface area contributed by atoms with Crippen molar-refractivity contribution in [2.45, 2.75) is 26.7 Å². The van der Waals surface area contributed by atoms with Crippen LogP contribution in [0.15, 0.2) is 18.3 Å². The number of aryl methyl sites for hydroxylation is 2. The number of nitrogens with zero attached hydrogens (tertiary/aromatic N) is 1. The van der Waals surface area contributed by atoms with Crippen molar-refractivity contribution in [1.29, 1.82) is 0 Å². The van der Waals surface area contributed by atoms with Gasteiger partial charge in [-0.15, -0.1) is 12.4 Å². The largest absolute Gasteiger partial charge is 0.261 e. The topological polar surface area (TPSA) is 12.9 Å². The lowest BCUT2D eigenvalue weighted by molar-refractivity contribution is 0.880. The Bertz CT molecular complexity index is 193. The van der Waals surface area contributed by atoms with Gasteiger partial charge in [-0.3, -0.25) is 4.98 Å². The first-order valence-corrected chi connectivity index (χ1v) is 3.74. The van der Waals surface area contributed by atoms with Gasteiger partial charge in [0.25, 0.3) is 0 Å². The van der Waals surface area contributed by atoms with E-state index < -0.39 is 0 Å². The van der Waals surface area contributed by atoms with Crippen molar-refractivity contribution in [3.05, 3.63) is 29.6 Å². The van der Waals surface area contributed by atoms with E-state index in [9.17, 15) is 0 Å². The number of pyridine rings is 1. The minimum Gasteiger partial charge on any atom is -0.261 e. The smallest absolute Gasteiger partial charge is 0.0403 e. The molecule has 1 rings (SSSR count).